The molecule has 2 aromatic heterocycles. The van der Waals surface area contributed by atoms with Crippen LogP contribution in [0.1, 0.15) is 41.8 Å². The Morgan fingerprint density at radius 2 is 1.96 bits per heavy atom. The maximum atomic E-state index is 12.7. The van der Waals surface area contributed by atoms with Crippen LogP contribution in [0, 0.1) is 20.8 Å². The summed E-state index contributed by atoms with van der Waals surface area (Å²) in [4.78, 5) is 29.4. The van der Waals surface area contributed by atoms with Gasteiger partial charge in [-0.3, -0.25) is 19.4 Å². The van der Waals surface area contributed by atoms with Crippen LogP contribution in [0.2, 0.25) is 0 Å². The van der Waals surface area contributed by atoms with E-state index in [-0.39, 0.29) is 23.3 Å². The van der Waals surface area contributed by atoms with Crippen LogP contribution in [0.4, 0.5) is 0 Å². The van der Waals surface area contributed by atoms with Crippen molar-refractivity contribution in [3.8, 4) is 0 Å². The lowest BCUT2D eigenvalue weighted by molar-refractivity contribution is -0.120. The standard InChI is InChI=1S/C22H28N4O2/c1-13-8-7-9-16(10-13)22(4,5)12-23-18(27)11-17-14(2)19-20(24-15(17)3)26(6)25-21(19)28/h7-10H,11-12H2,1-6H3,(H,23,27)(H,25,28). The summed E-state index contributed by atoms with van der Waals surface area (Å²) in [7, 11) is 1.76. The van der Waals surface area contributed by atoms with E-state index in [0.29, 0.717) is 17.6 Å². The lowest BCUT2D eigenvalue weighted by Crippen LogP contribution is -2.37. The molecule has 0 aliphatic rings. The number of hydrogen-bond acceptors (Lipinski definition) is 3. The van der Waals surface area contributed by atoms with E-state index in [1.165, 1.54) is 11.1 Å². The van der Waals surface area contributed by atoms with E-state index in [4.69, 9.17) is 0 Å². The quantitative estimate of drug-likeness (QED) is 0.714. The minimum absolute atomic E-state index is 0.0690. The van der Waals surface area contributed by atoms with Crippen molar-refractivity contribution < 1.29 is 4.79 Å². The topological polar surface area (TPSA) is 79.8 Å². The Balaban J connectivity index is 1.78. The molecule has 2 N–H and O–H groups in total. The van der Waals surface area contributed by atoms with Crippen LogP contribution in [0.15, 0.2) is 29.1 Å². The molecule has 6 heteroatoms. The lowest BCUT2D eigenvalue weighted by atomic mass is 9.84. The summed E-state index contributed by atoms with van der Waals surface area (Å²) in [5.41, 5.74) is 5.06. The van der Waals surface area contributed by atoms with Crippen LogP contribution in [-0.4, -0.2) is 27.2 Å². The third-order valence-corrected chi connectivity index (χ3v) is 5.44. The number of nitrogens with one attached hydrogen (secondary N) is 2. The molecule has 148 valence electrons. The molecule has 3 aromatic rings. The maximum Gasteiger partial charge on any atom is 0.273 e. The SMILES string of the molecule is Cc1cccc(C(C)(C)CNC(=O)Cc2c(C)nc3c(c2C)c(=O)[nH]n3C)c1. The summed E-state index contributed by atoms with van der Waals surface area (Å²) in [6.07, 6.45) is 0.207. The van der Waals surface area contributed by atoms with Crippen molar-refractivity contribution >= 4 is 16.9 Å². The van der Waals surface area contributed by atoms with Gasteiger partial charge in [-0.2, -0.15) is 0 Å². The first kappa shape index (κ1) is 19.9. The van der Waals surface area contributed by atoms with E-state index in [9.17, 15) is 9.59 Å². The fraction of sp³-hybridized carbons (Fsp3) is 0.409. The zero-order chi connectivity index (χ0) is 20.6. The van der Waals surface area contributed by atoms with Gasteiger partial charge in [0.2, 0.25) is 5.91 Å². The zero-order valence-corrected chi connectivity index (χ0v) is 17.4. The number of aromatic nitrogens is 3. The van der Waals surface area contributed by atoms with E-state index in [1.54, 1.807) is 11.7 Å². The highest BCUT2D eigenvalue weighted by atomic mass is 16.1. The number of aromatic amines is 1. The second-order valence-corrected chi connectivity index (χ2v) is 8.21. The number of amides is 1. The second kappa shape index (κ2) is 7.26. The number of benzene rings is 1. The van der Waals surface area contributed by atoms with Gasteiger partial charge in [-0.05, 0) is 37.5 Å². The van der Waals surface area contributed by atoms with Crippen molar-refractivity contribution in [1.82, 2.24) is 20.1 Å². The third kappa shape index (κ3) is 3.72. The van der Waals surface area contributed by atoms with Crippen LogP contribution < -0.4 is 10.9 Å². The molecule has 0 fully saturated rings. The number of fused-ring (bicyclic) bond motifs is 1. The molecule has 0 aliphatic carbocycles. The van der Waals surface area contributed by atoms with Crippen molar-refractivity contribution in [2.45, 2.75) is 46.5 Å². The van der Waals surface area contributed by atoms with Gasteiger partial charge in [-0.1, -0.05) is 43.7 Å². The van der Waals surface area contributed by atoms with Gasteiger partial charge >= 0.3 is 0 Å². The van der Waals surface area contributed by atoms with Crippen LogP contribution in [0.3, 0.4) is 0 Å². The van der Waals surface area contributed by atoms with Crippen molar-refractivity contribution in [3.05, 3.63) is 62.6 Å². The van der Waals surface area contributed by atoms with Gasteiger partial charge in [0.25, 0.3) is 5.56 Å². The molecule has 0 unspecified atom stereocenters. The van der Waals surface area contributed by atoms with Crippen molar-refractivity contribution in [2.24, 2.45) is 7.05 Å². The van der Waals surface area contributed by atoms with Gasteiger partial charge in [0.05, 0.1) is 11.8 Å². The first-order valence-electron chi connectivity index (χ1n) is 9.49. The van der Waals surface area contributed by atoms with Crippen LogP contribution in [-0.2, 0) is 23.7 Å². The van der Waals surface area contributed by atoms with E-state index >= 15 is 0 Å². The molecule has 2 heterocycles. The summed E-state index contributed by atoms with van der Waals surface area (Å²) >= 11 is 0. The highest BCUT2D eigenvalue weighted by Gasteiger charge is 2.23. The maximum absolute atomic E-state index is 12.7. The molecule has 1 aromatic carbocycles. The number of carbonyl (C=O) groups is 1. The van der Waals surface area contributed by atoms with Gasteiger partial charge in [-0.25, -0.2) is 4.98 Å². The fourth-order valence-electron chi connectivity index (χ4n) is 3.62. The van der Waals surface area contributed by atoms with Crippen LogP contribution >= 0.6 is 0 Å². The second-order valence-electron chi connectivity index (χ2n) is 8.21. The van der Waals surface area contributed by atoms with Crippen molar-refractivity contribution in [1.29, 1.82) is 0 Å². The highest BCUT2D eigenvalue weighted by Crippen LogP contribution is 2.24. The Hall–Kier alpha value is -2.89. The van der Waals surface area contributed by atoms with Gasteiger partial charge in [0, 0.05) is 24.7 Å². The fourth-order valence-corrected chi connectivity index (χ4v) is 3.62. The number of rotatable bonds is 5. The van der Waals surface area contributed by atoms with Gasteiger partial charge in [0.1, 0.15) is 0 Å². The Bertz CT molecular complexity index is 1110. The molecular weight excluding hydrogens is 352 g/mol. The molecule has 0 saturated heterocycles. The summed E-state index contributed by atoms with van der Waals surface area (Å²) in [6.45, 7) is 10.6. The molecule has 6 nitrogen and oxygen atoms in total. The number of H-pyrrole nitrogens is 1. The third-order valence-electron chi connectivity index (χ3n) is 5.44. The predicted octanol–water partition coefficient (Wildman–Crippen LogP) is 2.82. The lowest BCUT2D eigenvalue weighted by Gasteiger charge is -2.26. The molecular formula is C22H28N4O2. The number of carbonyl (C=O) groups excluding carboxylic acids is 1. The summed E-state index contributed by atoms with van der Waals surface area (Å²) in [6, 6.07) is 8.35. The van der Waals surface area contributed by atoms with E-state index in [0.717, 1.165) is 16.8 Å². The number of hydrogen-bond donors (Lipinski definition) is 2. The van der Waals surface area contributed by atoms with Crippen LogP contribution in [0.25, 0.3) is 11.0 Å². The van der Waals surface area contributed by atoms with E-state index in [2.05, 4.69) is 54.4 Å². The first-order chi connectivity index (χ1) is 13.1. The minimum atomic E-state index is -0.176. The van der Waals surface area contributed by atoms with Gasteiger partial charge < -0.3 is 5.32 Å². The smallest absolute Gasteiger partial charge is 0.273 e. The van der Waals surface area contributed by atoms with E-state index in [1.807, 2.05) is 19.9 Å². The molecule has 0 radical (unpaired) electrons. The van der Waals surface area contributed by atoms with Gasteiger partial charge in [0.15, 0.2) is 5.65 Å². The van der Waals surface area contributed by atoms with Gasteiger partial charge in [-0.15, -0.1) is 0 Å². The Labute approximate surface area is 165 Å². The number of aryl methyl sites for hydroxylation is 4. The summed E-state index contributed by atoms with van der Waals surface area (Å²) in [5.74, 6) is -0.0690. The highest BCUT2D eigenvalue weighted by molar-refractivity contribution is 5.84. The molecule has 28 heavy (non-hydrogen) atoms. The summed E-state index contributed by atoms with van der Waals surface area (Å²) in [5, 5.41) is 6.34. The van der Waals surface area contributed by atoms with Crippen molar-refractivity contribution in [3.63, 3.8) is 0 Å². The van der Waals surface area contributed by atoms with Crippen molar-refractivity contribution in [2.75, 3.05) is 6.54 Å². The monoisotopic (exact) mass is 380 g/mol. The Morgan fingerprint density at radius 1 is 1.25 bits per heavy atom. The van der Waals surface area contributed by atoms with E-state index < -0.39 is 0 Å². The first-order valence-corrected chi connectivity index (χ1v) is 9.49. The van der Waals surface area contributed by atoms with Crippen LogP contribution in [0.5, 0.6) is 0 Å². The molecule has 1 amide bonds. The molecule has 0 spiro atoms. The molecule has 0 bridgehead atoms. The Morgan fingerprint density at radius 3 is 2.64 bits per heavy atom. The molecule has 0 aliphatic heterocycles. The number of pyridine rings is 1. The number of nitrogens with zero attached hydrogens (tertiary/aromatic N) is 2. The summed E-state index contributed by atoms with van der Waals surface area (Å²) < 4.78 is 1.62. The molecule has 3 rings (SSSR count). The minimum Gasteiger partial charge on any atom is -0.355 e. The molecule has 0 saturated carbocycles. The Kier molecular flexibility index (Phi) is 5.15. The molecule has 0 atom stereocenters. The largest absolute Gasteiger partial charge is 0.355 e. The average molecular weight is 380 g/mol. The predicted molar refractivity (Wildman–Crippen MR) is 112 cm³/mol. The normalized spacial score (nSPS) is 11.8. The zero-order valence-electron chi connectivity index (χ0n) is 17.4. The average Bonchev–Trinajstić information content (AvgIpc) is 2.90.